The molecule has 2 rings (SSSR count). The third-order valence-corrected chi connectivity index (χ3v) is 4.00. The number of aliphatic carboxylic acids is 1. The van der Waals surface area contributed by atoms with Crippen LogP contribution >= 0.6 is 11.3 Å². The molecule has 0 aliphatic heterocycles. The summed E-state index contributed by atoms with van der Waals surface area (Å²) in [4.78, 5) is 13.0. The molecule has 0 amide bonds. The molecule has 20 heavy (non-hydrogen) atoms. The van der Waals surface area contributed by atoms with Gasteiger partial charge in [-0.15, -0.1) is 11.3 Å². The van der Waals surface area contributed by atoms with Gasteiger partial charge in [0.25, 0.3) is 0 Å². The van der Waals surface area contributed by atoms with Crippen molar-refractivity contribution in [3.8, 4) is 0 Å². The fourth-order valence-corrected chi connectivity index (χ4v) is 2.92. The molecular formula is C17H18O2S. The van der Waals surface area contributed by atoms with Crippen molar-refractivity contribution >= 4 is 23.4 Å². The van der Waals surface area contributed by atoms with Gasteiger partial charge < -0.3 is 5.11 Å². The number of carboxylic acid groups (broad SMARTS) is 1. The highest BCUT2D eigenvalue weighted by Crippen LogP contribution is 2.21. The Morgan fingerprint density at radius 1 is 1.15 bits per heavy atom. The van der Waals surface area contributed by atoms with E-state index in [1.54, 1.807) is 11.3 Å². The van der Waals surface area contributed by atoms with Crippen LogP contribution in [0.4, 0.5) is 0 Å². The lowest BCUT2D eigenvalue weighted by atomic mass is 10.1. The van der Waals surface area contributed by atoms with E-state index in [2.05, 4.69) is 48.6 Å². The molecule has 0 radical (unpaired) electrons. The van der Waals surface area contributed by atoms with E-state index in [-0.39, 0.29) is 6.42 Å². The van der Waals surface area contributed by atoms with Crippen LogP contribution < -0.4 is 0 Å². The van der Waals surface area contributed by atoms with E-state index in [1.165, 1.54) is 15.3 Å². The van der Waals surface area contributed by atoms with Crippen molar-refractivity contribution in [3.63, 3.8) is 0 Å². The molecule has 0 unspecified atom stereocenters. The van der Waals surface area contributed by atoms with Crippen LogP contribution in [0.1, 0.15) is 34.6 Å². The summed E-state index contributed by atoms with van der Waals surface area (Å²) < 4.78 is 0. The predicted molar refractivity (Wildman–Crippen MR) is 84.1 cm³/mol. The number of unbranched alkanes of at least 4 members (excludes halogenated alkanes) is 1. The molecule has 104 valence electrons. The minimum absolute atomic E-state index is 0.244. The normalized spacial score (nSPS) is 11.0. The molecule has 0 aliphatic carbocycles. The Bertz CT molecular complexity index is 570. The van der Waals surface area contributed by atoms with Crippen molar-refractivity contribution < 1.29 is 9.90 Å². The summed E-state index contributed by atoms with van der Waals surface area (Å²) in [7, 11) is 0. The van der Waals surface area contributed by atoms with E-state index in [0.29, 0.717) is 6.42 Å². The van der Waals surface area contributed by atoms with Crippen molar-refractivity contribution in [2.45, 2.75) is 25.7 Å². The van der Waals surface area contributed by atoms with Crippen LogP contribution in [-0.4, -0.2) is 11.1 Å². The van der Waals surface area contributed by atoms with Crippen LogP contribution in [0.2, 0.25) is 0 Å². The second-order valence-electron chi connectivity index (χ2n) is 4.65. The smallest absolute Gasteiger partial charge is 0.303 e. The minimum atomic E-state index is -0.723. The van der Waals surface area contributed by atoms with E-state index in [1.807, 2.05) is 6.07 Å². The van der Waals surface area contributed by atoms with E-state index in [9.17, 15) is 4.79 Å². The largest absolute Gasteiger partial charge is 0.481 e. The fraction of sp³-hybridized carbons (Fsp3) is 0.235. The summed E-state index contributed by atoms with van der Waals surface area (Å²) in [6.45, 7) is 0. The first-order valence-corrected chi connectivity index (χ1v) is 7.56. The maximum absolute atomic E-state index is 10.4. The Morgan fingerprint density at radius 3 is 2.70 bits per heavy atom. The van der Waals surface area contributed by atoms with Crippen LogP contribution in [-0.2, 0) is 11.2 Å². The van der Waals surface area contributed by atoms with Crippen molar-refractivity contribution in [3.05, 3.63) is 63.9 Å². The molecule has 0 bridgehead atoms. The SMILES string of the molecule is O=C(O)CCC/C=C/c1ccc(Cc2ccccc2)s1. The lowest BCUT2D eigenvalue weighted by Crippen LogP contribution is -1.92. The van der Waals surface area contributed by atoms with Gasteiger partial charge in [-0.05, 0) is 36.6 Å². The highest BCUT2D eigenvalue weighted by molar-refractivity contribution is 7.12. The lowest BCUT2D eigenvalue weighted by Gasteiger charge is -1.96. The molecule has 1 heterocycles. The Balaban J connectivity index is 1.83. The summed E-state index contributed by atoms with van der Waals surface area (Å²) >= 11 is 1.79. The number of thiophene rings is 1. The molecule has 2 aromatic rings. The number of carbonyl (C=O) groups is 1. The summed E-state index contributed by atoms with van der Waals surface area (Å²) in [5.74, 6) is -0.723. The van der Waals surface area contributed by atoms with Gasteiger partial charge in [0.1, 0.15) is 0 Å². The molecule has 0 aliphatic rings. The van der Waals surface area contributed by atoms with Crippen LogP contribution in [0.15, 0.2) is 48.5 Å². The molecule has 0 fully saturated rings. The zero-order valence-electron chi connectivity index (χ0n) is 11.3. The summed E-state index contributed by atoms with van der Waals surface area (Å²) in [5, 5.41) is 8.55. The molecule has 0 spiro atoms. The second kappa shape index (κ2) is 7.65. The average Bonchev–Trinajstić information content (AvgIpc) is 2.87. The quantitative estimate of drug-likeness (QED) is 0.755. The Hall–Kier alpha value is -1.87. The van der Waals surface area contributed by atoms with Gasteiger partial charge in [-0.3, -0.25) is 4.79 Å². The molecule has 1 N–H and O–H groups in total. The molecule has 1 aromatic heterocycles. The number of benzene rings is 1. The molecule has 1 aromatic carbocycles. The summed E-state index contributed by atoms with van der Waals surface area (Å²) in [5.41, 5.74) is 1.33. The molecule has 2 nitrogen and oxygen atoms in total. The van der Waals surface area contributed by atoms with Crippen molar-refractivity contribution in [1.29, 1.82) is 0 Å². The molecular weight excluding hydrogens is 268 g/mol. The van der Waals surface area contributed by atoms with E-state index >= 15 is 0 Å². The van der Waals surface area contributed by atoms with Gasteiger partial charge in [0.2, 0.25) is 0 Å². The van der Waals surface area contributed by atoms with Gasteiger partial charge in [-0.2, -0.15) is 0 Å². The van der Waals surface area contributed by atoms with Crippen LogP contribution in [0.3, 0.4) is 0 Å². The predicted octanol–water partition coefficient (Wildman–Crippen LogP) is 4.61. The average molecular weight is 286 g/mol. The summed E-state index contributed by atoms with van der Waals surface area (Å²) in [6, 6.07) is 14.7. The maximum atomic E-state index is 10.4. The standard InChI is InChI=1S/C17H18O2S/c18-17(19)10-6-2-5-9-15-11-12-16(20-15)13-14-7-3-1-4-8-14/h1,3-5,7-9,11-12H,2,6,10,13H2,(H,18,19)/b9-5+. The monoisotopic (exact) mass is 286 g/mol. The van der Waals surface area contributed by atoms with E-state index in [4.69, 9.17) is 5.11 Å². The molecule has 0 saturated heterocycles. The Labute approximate surface area is 123 Å². The molecule has 0 saturated carbocycles. The fourth-order valence-electron chi connectivity index (χ4n) is 1.95. The van der Waals surface area contributed by atoms with Gasteiger partial charge in [-0.1, -0.05) is 36.4 Å². The number of carboxylic acids is 1. The number of allylic oxidation sites excluding steroid dienone is 1. The Kier molecular flexibility index (Phi) is 5.56. The number of rotatable bonds is 7. The van der Waals surface area contributed by atoms with Crippen molar-refractivity contribution in [2.24, 2.45) is 0 Å². The van der Waals surface area contributed by atoms with Crippen LogP contribution in [0.25, 0.3) is 6.08 Å². The number of hydrogen-bond donors (Lipinski definition) is 1. The van der Waals surface area contributed by atoms with E-state index in [0.717, 1.165) is 12.8 Å². The highest BCUT2D eigenvalue weighted by Gasteiger charge is 1.99. The first-order valence-electron chi connectivity index (χ1n) is 6.75. The first-order chi connectivity index (χ1) is 9.74. The van der Waals surface area contributed by atoms with Gasteiger partial charge in [0, 0.05) is 22.6 Å². The Morgan fingerprint density at radius 2 is 1.95 bits per heavy atom. The van der Waals surface area contributed by atoms with Gasteiger partial charge in [0.05, 0.1) is 0 Å². The molecule has 0 atom stereocenters. The van der Waals surface area contributed by atoms with Gasteiger partial charge >= 0.3 is 5.97 Å². The topological polar surface area (TPSA) is 37.3 Å². The second-order valence-corrected chi connectivity index (χ2v) is 5.85. The van der Waals surface area contributed by atoms with Crippen LogP contribution in [0, 0.1) is 0 Å². The zero-order valence-corrected chi connectivity index (χ0v) is 12.1. The summed E-state index contributed by atoms with van der Waals surface area (Å²) in [6.07, 6.45) is 6.88. The first kappa shape index (κ1) is 14.5. The third kappa shape index (κ3) is 5.02. The zero-order chi connectivity index (χ0) is 14.2. The lowest BCUT2D eigenvalue weighted by molar-refractivity contribution is -0.137. The van der Waals surface area contributed by atoms with Crippen molar-refractivity contribution in [1.82, 2.24) is 0 Å². The van der Waals surface area contributed by atoms with Gasteiger partial charge in [0.15, 0.2) is 0 Å². The minimum Gasteiger partial charge on any atom is -0.481 e. The molecule has 3 heteroatoms. The van der Waals surface area contributed by atoms with E-state index < -0.39 is 5.97 Å². The van der Waals surface area contributed by atoms with Crippen LogP contribution in [0.5, 0.6) is 0 Å². The maximum Gasteiger partial charge on any atom is 0.303 e. The highest BCUT2D eigenvalue weighted by atomic mass is 32.1. The third-order valence-electron chi connectivity index (χ3n) is 2.95. The van der Waals surface area contributed by atoms with Crippen molar-refractivity contribution in [2.75, 3.05) is 0 Å². The number of hydrogen-bond acceptors (Lipinski definition) is 2. The van der Waals surface area contributed by atoms with Gasteiger partial charge in [-0.25, -0.2) is 0 Å².